The lowest BCUT2D eigenvalue weighted by Gasteiger charge is -2.11. The second-order valence-corrected chi connectivity index (χ2v) is 11.6. The van der Waals surface area contributed by atoms with E-state index in [1.807, 2.05) is 24.3 Å². The fraction of sp³-hybridized carbons (Fsp3) is 0.103. The molecule has 38 heavy (non-hydrogen) atoms. The van der Waals surface area contributed by atoms with Crippen molar-refractivity contribution in [3.8, 4) is 0 Å². The molecule has 1 aliphatic rings. The quantitative estimate of drug-likeness (QED) is 0.321. The van der Waals surface area contributed by atoms with Gasteiger partial charge >= 0.3 is 0 Å². The molecule has 5 rings (SSSR count). The van der Waals surface area contributed by atoms with Crippen molar-refractivity contribution in [2.75, 3.05) is 0 Å². The van der Waals surface area contributed by atoms with Crippen LogP contribution in [0.2, 0.25) is 0 Å². The lowest BCUT2D eigenvalue weighted by molar-refractivity contribution is 0.0951. The van der Waals surface area contributed by atoms with E-state index in [-0.39, 0.29) is 17.3 Å². The molecule has 1 aliphatic heterocycles. The molecule has 0 spiro atoms. The highest BCUT2D eigenvalue weighted by molar-refractivity contribution is 7.99. The Kier molecular flexibility index (Phi) is 7.33. The number of aliphatic imine (C=N–C) groups is 1. The number of nitrogens with two attached hydrogens (primary N) is 1. The third kappa shape index (κ3) is 5.96. The first kappa shape index (κ1) is 25.7. The number of primary sulfonamides is 1. The first-order valence-electron chi connectivity index (χ1n) is 12.0. The summed E-state index contributed by atoms with van der Waals surface area (Å²) >= 11 is 1.62. The van der Waals surface area contributed by atoms with Gasteiger partial charge in [0.1, 0.15) is 5.84 Å². The largest absolute Gasteiger partial charge is 0.365 e. The van der Waals surface area contributed by atoms with Crippen molar-refractivity contribution >= 4 is 39.2 Å². The maximum absolute atomic E-state index is 13.0. The summed E-state index contributed by atoms with van der Waals surface area (Å²) in [5.41, 5.74) is 5.32. The van der Waals surface area contributed by atoms with Crippen LogP contribution in [0.1, 0.15) is 32.6 Å². The van der Waals surface area contributed by atoms with E-state index in [0.29, 0.717) is 17.8 Å². The van der Waals surface area contributed by atoms with Gasteiger partial charge in [-0.1, -0.05) is 71.9 Å². The van der Waals surface area contributed by atoms with Crippen LogP contribution in [-0.4, -0.2) is 20.2 Å². The first-order valence-corrected chi connectivity index (χ1v) is 14.3. The van der Waals surface area contributed by atoms with E-state index in [1.54, 1.807) is 36.0 Å². The van der Waals surface area contributed by atoms with Gasteiger partial charge in [0, 0.05) is 34.0 Å². The van der Waals surface area contributed by atoms with Crippen molar-refractivity contribution in [2.45, 2.75) is 34.7 Å². The van der Waals surface area contributed by atoms with Gasteiger partial charge in [0.25, 0.3) is 5.91 Å². The van der Waals surface area contributed by atoms with Crippen LogP contribution in [0.15, 0.2) is 111 Å². The Morgan fingerprint density at radius 3 is 2.29 bits per heavy atom. The lowest BCUT2D eigenvalue weighted by atomic mass is 10.1. The Morgan fingerprint density at radius 2 is 1.55 bits per heavy atom. The number of fused-ring (bicyclic) bond motifs is 2. The lowest BCUT2D eigenvalue weighted by Crippen LogP contribution is -2.24. The molecule has 1 amide bonds. The maximum atomic E-state index is 13.0. The van der Waals surface area contributed by atoms with Crippen molar-refractivity contribution in [2.24, 2.45) is 10.1 Å². The minimum absolute atomic E-state index is 0.0291. The molecule has 4 aromatic carbocycles. The predicted molar refractivity (Wildman–Crippen MR) is 150 cm³/mol. The zero-order valence-electron chi connectivity index (χ0n) is 20.6. The van der Waals surface area contributed by atoms with Crippen LogP contribution >= 0.6 is 11.8 Å². The van der Waals surface area contributed by atoms with Crippen molar-refractivity contribution in [3.05, 3.63) is 119 Å². The molecule has 7 nitrogen and oxygen atoms in total. The van der Waals surface area contributed by atoms with Gasteiger partial charge < -0.3 is 10.6 Å². The molecule has 9 heteroatoms. The number of aryl methyl sites for hydroxylation is 1. The maximum Gasteiger partial charge on any atom is 0.251 e. The molecule has 0 radical (unpaired) electrons. The molecule has 0 unspecified atom stereocenters. The molecule has 0 saturated carbocycles. The van der Waals surface area contributed by atoms with Gasteiger partial charge in [-0.15, -0.1) is 0 Å². The molecular weight excluding hydrogens is 516 g/mol. The van der Waals surface area contributed by atoms with E-state index in [2.05, 4.69) is 47.9 Å². The topological polar surface area (TPSA) is 114 Å². The van der Waals surface area contributed by atoms with Crippen LogP contribution in [0.4, 0.5) is 5.69 Å². The summed E-state index contributed by atoms with van der Waals surface area (Å²) in [4.78, 5) is 20.0. The van der Waals surface area contributed by atoms with Gasteiger partial charge in [-0.25, -0.2) is 18.5 Å². The number of amidine groups is 1. The molecule has 0 aromatic heterocycles. The van der Waals surface area contributed by atoms with Crippen molar-refractivity contribution in [1.82, 2.24) is 10.6 Å². The summed E-state index contributed by atoms with van der Waals surface area (Å²) in [6.07, 6.45) is 0. The third-order valence-electron chi connectivity index (χ3n) is 6.10. The van der Waals surface area contributed by atoms with E-state index >= 15 is 0 Å². The number of nitrogens with one attached hydrogen (secondary N) is 2. The van der Waals surface area contributed by atoms with Gasteiger partial charge in [-0.3, -0.25) is 4.79 Å². The Hall–Kier alpha value is -3.92. The van der Waals surface area contributed by atoms with Crippen LogP contribution in [0.3, 0.4) is 0 Å². The molecule has 1 heterocycles. The number of carbonyl (C=O) groups excluding carboxylic acids is 1. The summed E-state index contributed by atoms with van der Waals surface area (Å²) in [5, 5.41) is 11.5. The number of hydrogen-bond acceptors (Lipinski definition) is 6. The standard InChI is InChI=1S/C29H26N4O3S2/c1-19-6-8-20(9-7-19)17-31-28-24-4-2-3-5-26(24)37-27-15-12-22(16-25(27)33-28)29(34)32-18-21-10-13-23(14-11-21)38(30,35)36/h2-16H,17-18H2,1H3,(H,31,33)(H,32,34)(H2,30,35,36). The minimum atomic E-state index is -3.76. The number of hydrogen-bond donors (Lipinski definition) is 3. The molecule has 192 valence electrons. The van der Waals surface area contributed by atoms with Crippen LogP contribution < -0.4 is 15.8 Å². The molecule has 0 fully saturated rings. The Morgan fingerprint density at radius 1 is 0.868 bits per heavy atom. The third-order valence-corrected chi connectivity index (χ3v) is 8.17. The van der Waals surface area contributed by atoms with Gasteiger partial charge in [0.05, 0.1) is 10.6 Å². The summed E-state index contributed by atoms with van der Waals surface area (Å²) < 4.78 is 22.9. The molecule has 0 aliphatic carbocycles. The molecule has 0 saturated heterocycles. The zero-order chi connectivity index (χ0) is 26.7. The number of sulfonamides is 1. The molecule has 4 N–H and O–H groups in total. The van der Waals surface area contributed by atoms with Gasteiger partial charge in [-0.05, 0) is 54.4 Å². The normalized spacial score (nSPS) is 12.5. The predicted octanol–water partition coefficient (Wildman–Crippen LogP) is 4.91. The van der Waals surface area contributed by atoms with Crippen LogP contribution in [0.5, 0.6) is 0 Å². The highest BCUT2D eigenvalue weighted by Crippen LogP contribution is 2.40. The molecule has 0 atom stereocenters. The summed E-state index contributed by atoms with van der Waals surface area (Å²) in [5.74, 6) is 0.499. The second kappa shape index (κ2) is 10.8. The zero-order valence-corrected chi connectivity index (χ0v) is 22.3. The van der Waals surface area contributed by atoms with Crippen LogP contribution in [0, 0.1) is 6.92 Å². The Labute approximate surface area is 226 Å². The van der Waals surface area contributed by atoms with Gasteiger partial charge in [0.2, 0.25) is 10.0 Å². The number of amides is 1. The summed E-state index contributed by atoms with van der Waals surface area (Å²) in [7, 11) is -3.76. The van der Waals surface area contributed by atoms with E-state index in [0.717, 1.165) is 32.3 Å². The van der Waals surface area contributed by atoms with Crippen LogP contribution in [0.25, 0.3) is 0 Å². The fourth-order valence-electron chi connectivity index (χ4n) is 3.99. The van der Waals surface area contributed by atoms with E-state index < -0.39 is 10.0 Å². The van der Waals surface area contributed by atoms with E-state index in [9.17, 15) is 13.2 Å². The average Bonchev–Trinajstić information content (AvgIpc) is 3.07. The number of rotatable bonds is 6. The van der Waals surface area contributed by atoms with Crippen LogP contribution in [-0.2, 0) is 23.1 Å². The Bertz CT molecular complexity index is 1630. The van der Waals surface area contributed by atoms with Crippen molar-refractivity contribution < 1.29 is 13.2 Å². The van der Waals surface area contributed by atoms with Gasteiger partial charge in [-0.2, -0.15) is 0 Å². The molecular formula is C29H26N4O3S2. The highest BCUT2D eigenvalue weighted by Gasteiger charge is 2.19. The highest BCUT2D eigenvalue weighted by atomic mass is 32.2. The summed E-state index contributed by atoms with van der Waals surface area (Å²) in [6, 6.07) is 28.1. The van der Waals surface area contributed by atoms with Gasteiger partial charge in [0.15, 0.2) is 0 Å². The number of nitrogens with zero attached hydrogens (tertiary/aromatic N) is 1. The van der Waals surface area contributed by atoms with Crippen molar-refractivity contribution in [3.63, 3.8) is 0 Å². The monoisotopic (exact) mass is 542 g/mol. The average molecular weight is 543 g/mol. The van der Waals surface area contributed by atoms with E-state index in [1.165, 1.54) is 17.7 Å². The van der Waals surface area contributed by atoms with Crippen molar-refractivity contribution in [1.29, 1.82) is 0 Å². The SMILES string of the molecule is Cc1ccc(CNC2=Nc3cc(C(=O)NCc4ccc(S(N)(=O)=O)cc4)ccc3Sc3ccccc32)cc1. The second-order valence-electron chi connectivity index (χ2n) is 8.95. The summed E-state index contributed by atoms with van der Waals surface area (Å²) in [6.45, 7) is 2.93. The number of benzene rings is 4. The molecule has 4 aromatic rings. The first-order chi connectivity index (χ1) is 18.3. The number of carbonyl (C=O) groups is 1. The smallest absolute Gasteiger partial charge is 0.251 e. The Balaban J connectivity index is 1.36. The minimum Gasteiger partial charge on any atom is -0.365 e. The molecule has 0 bridgehead atoms. The fourth-order valence-corrected chi connectivity index (χ4v) is 5.51. The van der Waals surface area contributed by atoms with E-state index in [4.69, 9.17) is 10.1 Å².